The average molecular weight is 309 g/mol. The van der Waals surface area contributed by atoms with Gasteiger partial charge in [0.05, 0.1) is 12.5 Å². The number of rotatable bonds is 6. The third-order valence-electron chi connectivity index (χ3n) is 3.34. The van der Waals surface area contributed by atoms with Crippen LogP contribution in [-0.2, 0) is 20.9 Å². The van der Waals surface area contributed by atoms with Crippen LogP contribution in [0.5, 0.6) is 0 Å². The number of hydrogen-bond donors (Lipinski definition) is 1. The van der Waals surface area contributed by atoms with E-state index in [1.165, 1.54) is 11.3 Å². The third kappa shape index (κ3) is 4.99. The van der Waals surface area contributed by atoms with E-state index in [2.05, 4.69) is 0 Å². The van der Waals surface area contributed by atoms with Crippen LogP contribution in [0.15, 0.2) is 17.5 Å². The molecule has 1 fully saturated rings. The summed E-state index contributed by atoms with van der Waals surface area (Å²) in [5.74, 6) is -0.885. The van der Waals surface area contributed by atoms with Crippen LogP contribution in [0, 0.1) is 0 Å². The summed E-state index contributed by atoms with van der Waals surface area (Å²) in [4.78, 5) is 25.1. The normalized spacial score (nSPS) is 18.2. The number of carboxylic acid groups (broad SMARTS) is 1. The summed E-state index contributed by atoms with van der Waals surface area (Å²) in [6.07, 6.45) is 5.17. The molecular weight excluding hydrogens is 290 g/mol. The summed E-state index contributed by atoms with van der Waals surface area (Å²) >= 11 is 1.47. The van der Waals surface area contributed by atoms with Crippen LogP contribution in [0.3, 0.4) is 0 Å². The highest BCUT2D eigenvalue weighted by Crippen LogP contribution is 2.19. The monoisotopic (exact) mass is 309 g/mol. The van der Waals surface area contributed by atoms with Gasteiger partial charge >= 0.3 is 5.97 Å². The second kappa shape index (κ2) is 7.38. The summed E-state index contributed by atoms with van der Waals surface area (Å²) in [6.45, 7) is 1.29. The number of carbonyl (C=O) groups excluding carboxylic acids is 1. The zero-order chi connectivity index (χ0) is 15.2. The number of carbonyl (C=O) groups is 2. The molecule has 1 saturated heterocycles. The molecule has 0 spiro atoms. The van der Waals surface area contributed by atoms with Crippen LogP contribution in [0.1, 0.15) is 29.7 Å². The number of aliphatic carboxylic acids is 1. The minimum absolute atomic E-state index is 0.0662. The van der Waals surface area contributed by atoms with E-state index in [0.717, 1.165) is 36.0 Å². The van der Waals surface area contributed by atoms with E-state index in [4.69, 9.17) is 9.84 Å². The molecule has 0 aromatic carbocycles. The van der Waals surface area contributed by atoms with Gasteiger partial charge in [0.15, 0.2) is 0 Å². The van der Waals surface area contributed by atoms with E-state index >= 15 is 0 Å². The molecule has 1 amide bonds. The van der Waals surface area contributed by atoms with Crippen LogP contribution in [-0.4, -0.2) is 41.6 Å². The van der Waals surface area contributed by atoms with Crippen molar-refractivity contribution in [2.75, 3.05) is 13.7 Å². The summed E-state index contributed by atoms with van der Waals surface area (Å²) in [5, 5.41) is 10.5. The fourth-order valence-corrected chi connectivity index (χ4v) is 3.03. The maximum absolute atomic E-state index is 12.1. The Morgan fingerprint density at radius 3 is 3.05 bits per heavy atom. The molecule has 0 radical (unpaired) electrons. The van der Waals surface area contributed by atoms with Crippen LogP contribution < -0.4 is 0 Å². The molecule has 2 rings (SSSR count). The van der Waals surface area contributed by atoms with Gasteiger partial charge in [0.25, 0.3) is 0 Å². The molecule has 1 unspecified atom stereocenters. The standard InChI is InChI=1S/C15H19NO4S/c1-16(14(17)8-12-3-2-6-20-12)9-11-7-13(21-10-11)4-5-15(18)19/h4-5,7,10,12H,2-3,6,8-9H2,1H3,(H,18,19). The molecule has 5 nitrogen and oxygen atoms in total. The van der Waals surface area contributed by atoms with Crippen molar-refractivity contribution in [3.05, 3.63) is 28.0 Å². The first-order valence-electron chi connectivity index (χ1n) is 6.88. The van der Waals surface area contributed by atoms with Gasteiger partial charge in [0.2, 0.25) is 5.91 Å². The summed E-state index contributed by atoms with van der Waals surface area (Å²) in [7, 11) is 1.78. The lowest BCUT2D eigenvalue weighted by atomic mass is 10.1. The predicted octanol–water partition coefficient (Wildman–Crippen LogP) is 2.37. The Morgan fingerprint density at radius 2 is 2.38 bits per heavy atom. The fourth-order valence-electron chi connectivity index (χ4n) is 2.24. The molecule has 1 aromatic heterocycles. The van der Waals surface area contributed by atoms with Gasteiger partial charge in [-0.15, -0.1) is 11.3 Å². The molecule has 21 heavy (non-hydrogen) atoms. The number of hydrogen-bond acceptors (Lipinski definition) is 4. The largest absolute Gasteiger partial charge is 0.478 e. The Hall–Kier alpha value is -1.66. The van der Waals surface area contributed by atoms with Gasteiger partial charge in [0.1, 0.15) is 0 Å². The van der Waals surface area contributed by atoms with E-state index < -0.39 is 5.97 Å². The lowest BCUT2D eigenvalue weighted by Crippen LogP contribution is -2.29. The maximum Gasteiger partial charge on any atom is 0.328 e. The van der Waals surface area contributed by atoms with E-state index in [1.807, 2.05) is 11.4 Å². The van der Waals surface area contributed by atoms with Crippen molar-refractivity contribution in [2.45, 2.75) is 31.9 Å². The third-order valence-corrected chi connectivity index (χ3v) is 4.28. The Labute approximate surface area is 127 Å². The number of nitrogens with zero attached hydrogens (tertiary/aromatic N) is 1. The topological polar surface area (TPSA) is 66.8 Å². The smallest absolute Gasteiger partial charge is 0.328 e. The van der Waals surface area contributed by atoms with Crippen LogP contribution >= 0.6 is 11.3 Å². The van der Waals surface area contributed by atoms with Crippen molar-refractivity contribution in [3.63, 3.8) is 0 Å². The molecule has 114 valence electrons. The fraction of sp³-hybridized carbons (Fsp3) is 0.467. The summed E-state index contributed by atoms with van der Waals surface area (Å²) in [5.41, 5.74) is 1.01. The number of amides is 1. The first kappa shape index (κ1) is 15.7. The number of ether oxygens (including phenoxy) is 1. The quantitative estimate of drug-likeness (QED) is 0.819. The molecule has 0 aliphatic carbocycles. The van der Waals surface area contributed by atoms with Gasteiger partial charge in [-0.3, -0.25) is 4.79 Å². The van der Waals surface area contributed by atoms with Crippen molar-refractivity contribution in [3.8, 4) is 0 Å². The average Bonchev–Trinajstić information content (AvgIpc) is 3.08. The lowest BCUT2D eigenvalue weighted by Gasteiger charge is -2.18. The minimum Gasteiger partial charge on any atom is -0.478 e. The number of carboxylic acids is 1. The molecule has 0 saturated carbocycles. The molecule has 2 heterocycles. The zero-order valence-electron chi connectivity index (χ0n) is 11.9. The van der Waals surface area contributed by atoms with Crippen molar-refractivity contribution in [1.82, 2.24) is 4.90 Å². The molecule has 1 aromatic rings. The van der Waals surface area contributed by atoms with Gasteiger partial charge in [-0.05, 0) is 35.9 Å². The molecule has 1 atom stereocenters. The second-order valence-electron chi connectivity index (χ2n) is 5.12. The maximum atomic E-state index is 12.1. The van der Waals surface area contributed by atoms with Crippen LogP contribution in [0.4, 0.5) is 0 Å². The van der Waals surface area contributed by atoms with Gasteiger partial charge in [0, 0.05) is 31.2 Å². The molecule has 0 bridgehead atoms. The van der Waals surface area contributed by atoms with E-state index in [9.17, 15) is 9.59 Å². The van der Waals surface area contributed by atoms with E-state index in [1.54, 1.807) is 18.0 Å². The highest BCUT2D eigenvalue weighted by molar-refractivity contribution is 7.11. The van der Waals surface area contributed by atoms with Gasteiger partial charge < -0.3 is 14.7 Å². The first-order valence-corrected chi connectivity index (χ1v) is 7.76. The summed E-state index contributed by atoms with van der Waals surface area (Å²) < 4.78 is 5.47. The number of thiophene rings is 1. The Kier molecular flexibility index (Phi) is 5.52. The van der Waals surface area contributed by atoms with Crippen LogP contribution in [0.2, 0.25) is 0 Å². The Bertz CT molecular complexity index is 532. The summed E-state index contributed by atoms with van der Waals surface area (Å²) in [6, 6.07) is 1.90. The van der Waals surface area contributed by atoms with E-state index in [-0.39, 0.29) is 12.0 Å². The van der Waals surface area contributed by atoms with Crippen molar-refractivity contribution < 1.29 is 19.4 Å². The van der Waals surface area contributed by atoms with Crippen molar-refractivity contribution >= 4 is 29.3 Å². The van der Waals surface area contributed by atoms with Crippen LogP contribution in [0.25, 0.3) is 6.08 Å². The zero-order valence-corrected chi connectivity index (χ0v) is 12.8. The lowest BCUT2D eigenvalue weighted by molar-refractivity contribution is -0.133. The van der Waals surface area contributed by atoms with Gasteiger partial charge in [-0.2, -0.15) is 0 Å². The molecule has 1 aliphatic heterocycles. The molecular formula is C15H19NO4S. The highest BCUT2D eigenvalue weighted by atomic mass is 32.1. The molecule has 6 heteroatoms. The Morgan fingerprint density at radius 1 is 1.57 bits per heavy atom. The predicted molar refractivity (Wildman–Crippen MR) is 81.1 cm³/mol. The van der Waals surface area contributed by atoms with Gasteiger partial charge in [-0.25, -0.2) is 4.79 Å². The van der Waals surface area contributed by atoms with Gasteiger partial charge in [-0.1, -0.05) is 0 Å². The molecule has 1 N–H and O–H groups in total. The van der Waals surface area contributed by atoms with Crippen molar-refractivity contribution in [2.24, 2.45) is 0 Å². The molecule has 1 aliphatic rings. The SMILES string of the molecule is CN(Cc1csc(C=CC(=O)O)c1)C(=O)CC1CCCO1. The van der Waals surface area contributed by atoms with Crippen molar-refractivity contribution in [1.29, 1.82) is 0 Å². The first-order chi connectivity index (χ1) is 10.0. The highest BCUT2D eigenvalue weighted by Gasteiger charge is 2.21. The van der Waals surface area contributed by atoms with E-state index in [0.29, 0.717) is 13.0 Å². The minimum atomic E-state index is -0.964. The Balaban J connectivity index is 1.85. The second-order valence-corrected chi connectivity index (χ2v) is 6.06.